The lowest BCUT2D eigenvalue weighted by Gasteiger charge is -2.38. The fraction of sp³-hybridized carbons (Fsp3) is 0.533. The fourth-order valence-electron chi connectivity index (χ4n) is 3.45. The maximum absolute atomic E-state index is 12.4. The number of aromatic amines is 1. The van der Waals surface area contributed by atoms with Crippen LogP contribution in [0.4, 0.5) is 0 Å². The van der Waals surface area contributed by atoms with Gasteiger partial charge in [-0.15, -0.1) is 0 Å². The third-order valence-electron chi connectivity index (χ3n) is 4.88. The molecule has 2 aromatic rings. The van der Waals surface area contributed by atoms with E-state index in [2.05, 4.69) is 4.98 Å². The molecule has 124 valence electrons. The minimum absolute atomic E-state index is 0.0430. The van der Waals surface area contributed by atoms with E-state index in [9.17, 15) is 13.2 Å². The van der Waals surface area contributed by atoms with Crippen LogP contribution in [0.15, 0.2) is 29.1 Å². The van der Waals surface area contributed by atoms with Crippen LogP contribution in [0.5, 0.6) is 0 Å². The van der Waals surface area contributed by atoms with Crippen molar-refractivity contribution in [3.63, 3.8) is 0 Å². The van der Waals surface area contributed by atoms with Crippen LogP contribution in [0.3, 0.4) is 0 Å². The first-order valence-corrected chi connectivity index (χ1v) is 9.41. The Bertz CT molecular complexity index is 874. The van der Waals surface area contributed by atoms with Gasteiger partial charge < -0.3 is 4.98 Å². The molecule has 0 spiro atoms. The summed E-state index contributed by atoms with van der Waals surface area (Å²) in [5.41, 5.74) is 1.60. The standard InChI is InChI=1S/C15H20N4O3S/c20-15-16-13-4-1-2-5-14(13)19(15)12-6-10-18(11-7-12)23(21,22)17-8-3-9-17/h1-2,4-5,12H,3,6-11H2,(H,16,20). The van der Waals surface area contributed by atoms with Gasteiger partial charge in [0.1, 0.15) is 0 Å². The fourth-order valence-corrected chi connectivity index (χ4v) is 5.17. The van der Waals surface area contributed by atoms with Crippen molar-refractivity contribution in [3.8, 4) is 0 Å². The zero-order valence-electron chi connectivity index (χ0n) is 12.8. The second-order valence-electron chi connectivity index (χ2n) is 6.21. The summed E-state index contributed by atoms with van der Waals surface area (Å²) < 4.78 is 29.7. The van der Waals surface area contributed by atoms with Gasteiger partial charge in [-0.3, -0.25) is 4.57 Å². The van der Waals surface area contributed by atoms with Crippen LogP contribution < -0.4 is 5.69 Å². The number of nitrogens with one attached hydrogen (secondary N) is 1. The summed E-state index contributed by atoms with van der Waals surface area (Å²) in [4.78, 5) is 15.1. The van der Waals surface area contributed by atoms with E-state index in [1.165, 1.54) is 4.31 Å². The van der Waals surface area contributed by atoms with Crippen LogP contribution in [0.1, 0.15) is 25.3 Å². The van der Waals surface area contributed by atoms with Gasteiger partial charge in [0.15, 0.2) is 0 Å². The van der Waals surface area contributed by atoms with Crippen molar-refractivity contribution in [2.75, 3.05) is 26.2 Å². The smallest absolute Gasteiger partial charge is 0.306 e. The Morgan fingerprint density at radius 3 is 2.30 bits per heavy atom. The van der Waals surface area contributed by atoms with Gasteiger partial charge in [-0.25, -0.2) is 4.79 Å². The Balaban J connectivity index is 1.55. The van der Waals surface area contributed by atoms with Gasteiger partial charge in [-0.1, -0.05) is 12.1 Å². The number of piperidine rings is 1. The van der Waals surface area contributed by atoms with Crippen molar-refractivity contribution in [2.24, 2.45) is 0 Å². The normalized spacial score (nSPS) is 21.6. The molecule has 0 amide bonds. The molecule has 0 aliphatic carbocycles. The lowest BCUT2D eigenvalue weighted by Crippen LogP contribution is -2.52. The van der Waals surface area contributed by atoms with E-state index in [1.54, 1.807) is 8.87 Å². The lowest BCUT2D eigenvalue weighted by molar-refractivity contribution is 0.232. The van der Waals surface area contributed by atoms with Crippen LogP contribution >= 0.6 is 0 Å². The summed E-state index contributed by atoms with van der Waals surface area (Å²) >= 11 is 0. The molecule has 0 atom stereocenters. The molecule has 0 unspecified atom stereocenters. The average Bonchev–Trinajstić information content (AvgIpc) is 2.81. The molecule has 2 saturated heterocycles. The monoisotopic (exact) mass is 336 g/mol. The molecule has 8 heteroatoms. The van der Waals surface area contributed by atoms with Gasteiger partial charge in [0.25, 0.3) is 10.2 Å². The van der Waals surface area contributed by atoms with Crippen molar-refractivity contribution in [2.45, 2.75) is 25.3 Å². The Morgan fingerprint density at radius 1 is 1.00 bits per heavy atom. The molecule has 0 radical (unpaired) electrons. The summed E-state index contributed by atoms with van der Waals surface area (Å²) in [6.45, 7) is 2.19. The van der Waals surface area contributed by atoms with Gasteiger partial charge in [0.05, 0.1) is 11.0 Å². The number of aromatic nitrogens is 2. The highest BCUT2D eigenvalue weighted by atomic mass is 32.2. The maximum Gasteiger partial charge on any atom is 0.326 e. The summed E-state index contributed by atoms with van der Waals surface area (Å²) in [6, 6.07) is 7.66. The molecule has 0 saturated carbocycles. The largest absolute Gasteiger partial charge is 0.326 e. The van der Waals surface area contributed by atoms with Crippen LogP contribution in [-0.4, -0.2) is 52.8 Å². The number of fused-ring (bicyclic) bond motifs is 1. The van der Waals surface area contributed by atoms with Crippen LogP contribution in [0, 0.1) is 0 Å². The Morgan fingerprint density at radius 2 is 1.65 bits per heavy atom. The molecular formula is C15H20N4O3S. The minimum Gasteiger partial charge on any atom is -0.306 e. The molecule has 2 aliphatic heterocycles. The lowest BCUT2D eigenvalue weighted by atomic mass is 10.1. The van der Waals surface area contributed by atoms with E-state index in [0.717, 1.165) is 17.5 Å². The number of nitrogens with zero attached hydrogens (tertiary/aromatic N) is 3. The number of hydrogen-bond donors (Lipinski definition) is 1. The maximum atomic E-state index is 12.4. The van der Waals surface area contributed by atoms with Crippen molar-refractivity contribution in [1.29, 1.82) is 0 Å². The number of hydrogen-bond acceptors (Lipinski definition) is 3. The Hall–Kier alpha value is -1.64. The molecule has 3 heterocycles. The second-order valence-corrected chi connectivity index (χ2v) is 8.14. The highest BCUT2D eigenvalue weighted by molar-refractivity contribution is 7.86. The molecular weight excluding hydrogens is 316 g/mol. The first-order chi connectivity index (χ1) is 11.1. The van der Waals surface area contributed by atoms with Gasteiger partial charge in [-0.2, -0.15) is 17.0 Å². The number of H-pyrrole nitrogens is 1. The van der Waals surface area contributed by atoms with Crippen molar-refractivity contribution in [3.05, 3.63) is 34.7 Å². The predicted molar refractivity (Wildman–Crippen MR) is 87.5 cm³/mol. The molecule has 2 aliphatic rings. The molecule has 1 aromatic heterocycles. The summed E-state index contributed by atoms with van der Waals surface area (Å²) in [5.74, 6) is 0. The van der Waals surface area contributed by atoms with Gasteiger partial charge in [0.2, 0.25) is 0 Å². The van der Waals surface area contributed by atoms with Gasteiger partial charge >= 0.3 is 5.69 Å². The Labute approximate surface area is 134 Å². The Kier molecular flexibility index (Phi) is 3.55. The van der Waals surface area contributed by atoms with Crippen LogP contribution in [-0.2, 0) is 10.2 Å². The molecule has 0 bridgehead atoms. The summed E-state index contributed by atoms with van der Waals surface area (Å²) in [6.07, 6.45) is 2.27. The second kappa shape index (κ2) is 5.47. The zero-order chi connectivity index (χ0) is 16.0. The van der Waals surface area contributed by atoms with Crippen LogP contribution in [0.25, 0.3) is 11.0 Å². The molecule has 4 rings (SSSR count). The highest BCUT2D eigenvalue weighted by Gasteiger charge is 2.36. The number of para-hydroxylation sites is 2. The molecule has 1 aromatic carbocycles. The van der Waals surface area contributed by atoms with Crippen molar-refractivity contribution >= 4 is 21.2 Å². The van der Waals surface area contributed by atoms with E-state index >= 15 is 0 Å². The first kappa shape index (κ1) is 14.9. The van der Waals surface area contributed by atoms with E-state index in [0.29, 0.717) is 39.0 Å². The van der Waals surface area contributed by atoms with Gasteiger partial charge in [-0.05, 0) is 31.4 Å². The molecule has 1 N–H and O–H groups in total. The van der Waals surface area contributed by atoms with E-state index in [-0.39, 0.29) is 11.7 Å². The third kappa shape index (κ3) is 2.41. The highest BCUT2D eigenvalue weighted by Crippen LogP contribution is 2.28. The summed E-state index contributed by atoms with van der Waals surface area (Å²) in [7, 11) is -3.30. The average molecular weight is 336 g/mol. The van der Waals surface area contributed by atoms with Crippen LogP contribution in [0.2, 0.25) is 0 Å². The van der Waals surface area contributed by atoms with E-state index in [1.807, 2.05) is 24.3 Å². The zero-order valence-corrected chi connectivity index (χ0v) is 13.6. The quantitative estimate of drug-likeness (QED) is 0.905. The predicted octanol–water partition coefficient (Wildman–Crippen LogP) is 0.917. The number of imidazole rings is 1. The molecule has 2 fully saturated rings. The third-order valence-corrected chi connectivity index (χ3v) is 6.92. The number of benzene rings is 1. The van der Waals surface area contributed by atoms with E-state index < -0.39 is 10.2 Å². The van der Waals surface area contributed by atoms with Crippen molar-refractivity contribution in [1.82, 2.24) is 18.2 Å². The van der Waals surface area contributed by atoms with Crippen molar-refractivity contribution < 1.29 is 8.42 Å². The number of rotatable bonds is 3. The summed E-state index contributed by atoms with van der Waals surface area (Å²) in [5, 5.41) is 0. The minimum atomic E-state index is -3.30. The van der Waals surface area contributed by atoms with E-state index in [4.69, 9.17) is 0 Å². The molecule has 23 heavy (non-hydrogen) atoms. The topological polar surface area (TPSA) is 78.4 Å². The molecule has 7 nitrogen and oxygen atoms in total. The first-order valence-electron chi connectivity index (χ1n) is 8.02. The van der Waals surface area contributed by atoms with Gasteiger partial charge in [0, 0.05) is 32.2 Å². The SMILES string of the molecule is O=c1[nH]c2ccccc2n1C1CCN(S(=O)(=O)N2CCC2)CC1.